The Labute approximate surface area is 187 Å². The number of aromatic nitrogens is 1. The number of hydrogen-bond acceptors (Lipinski definition) is 2. The molecule has 2 amide bonds. The van der Waals surface area contributed by atoms with E-state index in [1.165, 1.54) is 0 Å². The van der Waals surface area contributed by atoms with E-state index < -0.39 is 0 Å². The number of urea groups is 1. The average molecular weight is 424 g/mol. The van der Waals surface area contributed by atoms with Crippen LogP contribution in [0.25, 0.3) is 0 Å². The minimum atomic E-state index is -0.205. The van der Waals surface area contributed by atoms with Crippen molar-refractivity contribution < 1.29 is 9.53 Å². The Morgan fingerprint density at radius 1 is 0.875 bits per heavy atom. The standard InChI is InChI=1S/C27H25N3O2/c1-20-12-14-22(15-13-20)28-27(31)30-18-17-29-16-6-11-25(29)26(30)21-7-5-10-24(19-21)32-23-8-3-2-4-9-23/h2-16,19,26H,17-18H2,1H3,(H,28,31)/t26-/m0/s1. The maximum Gasteiger partial charge on any atom is 0.322 e. The molecule has 0 spiro atoms. The van der Waals surface area contributed by atoms with Gasteiger partial charge < -0.3 is 19.5 Å². The molecule has 1 aliphatic heterocycles. The van der Waals surface area contributed by atoms with Crippen LogP contribution in [0.3, 0.4) is 0 Å². The summed E-state index contributed by atoms with van der Waals surface area (Å²) in [7, 11) is 0. The average Bonchev–Trinajstić information content (AvgIpc) is 3.30. The van der Waals surface area contributed by atoms with Gasteiger partial charge in [-0.1, -0.05) is 48.0 Å². The van der Waals surface area contributed by atoms with Gasteiger partial charge in [-0.3, -0.25) is 0 Å². The third-order valence-electron chi connectivity index (χ3n) is 5.75. The number of fused-ring (bicyclic) bond motifs is 1. The zero-order valence-corrected chi connectivity index (χ0v) is 17.9. The second-order valence-corrected chi connectivity index (χ2v) is 8.01. The molecule has 4 aromatic rings. The van der Waals surface area contributed by atoms with Gasteiger partial charge in [0.15, 0.2) is 0 Å². The molecule has 2 heterocycles. The number of nitrogens with zero attached hydrogens (tertiary/aromatic N) is 2. The summed E-state index contributed by atoms with van der Waals surface area (Å²) >= 11 is 0. The van der Waals surface area contributed by atoms with Crippen molar-refractivity contribution >= 4 is 11.7 Å². The Kier molecular flexibility index (Phi) is 5.38. The van der Waals surface area contributed by atoms with E-state index in [0.29, 0.717) is 6.54 Å². The van der Waals surface area contributed by atoms with Crippen molar-refractivity contribution in [2.24, 2.45) is 0 Å². The summed E-state index contributed by atoms with van der Waals surface area (Å²) in [5.74, 6) is 1.53. The number of aryl methyl sites for hydroxylation is 1. The zero-order chi connectivity index (χ0) is 21.9. The third kappa shape index (κ3) is 4.10. The first kappa shape index (κ1) is 19.9. The summed E-state index contributed by atoms with van der Waals surface area (Å²) < 4.78 is 8.27. The maximum atomic E-state index is 13.3. The number of hydrogen-bond donors (Lipinski definition) is 1. The Bertz CT molecular complexity index is 1220. The number of amides is 2. The summed E-state index contributed by atoms with van der Waals surface area (Å²) in [5, 5.41) is 3.06. The number of nitrogens with one attached hydrogen (secondary N) is 1. The molecule has 1 aliphatic rings. The summed E-state index contributed by atoms with van der Waals surface area (Å²) in [6.45, 7) is 3.42. The monoisotopic (exact) mass is 423 g/mol. The van der Waals surface area contributed by atoms with Crippen LogP contribution in [0.15, 0.2) is 97.2 Å². The lowest BCUT2D eigenvalue weighted by atomic mass is 10.00. The molecule has 1 atom stereocenters. The third-order valence-corrected chi connectivity index (χ3v) is 5.75. The van der Waals surface area contributed by atoms with Gasteiger partial charge in [0, 0.05) is 30.7 Å². The minimum absolute atomic E-state index is 0.110. The summed E-state index contributed by atoms with van der Waals surface area (Å²) in [5.41, 5.74) is 4.05. The highest BCUT2D eigenvalue weighted by Crippen LogP contribution is 2.35. The Morgan fingerprint density at radius 3 is 2.47 bits per heavy atom. The van der Waals surface area contributed by atoms with Gasteiger partial charge in [-0.25, -0.2) is 4.79 Å². The lowest BCUT2D eigenvalue weighted by molar-refractivity contribution is 0.181. The highest BCUT2D eigenvalue weighted by atomic mass is 16.5. The predicted octanol–water partition coefficient (Wildman–Crippen LogP) is 6.23. The van der Waals surface area contributed by atoms with Crippen LogP contribution in [0, 0.1) is 6.92 Å². The van der Waals surface area contributed by atoms with Crippen LogP contribution >= 0.6 is 0 Å². The lowest BCUT2D eigenvalue weighted by Crippen LogP contribution is -2.44. The van der Waals surface area contributed by atoms with Crippen LogP contribution in [0.1, 0.15) is 22.9 Å². The minimum Gasteiger partial charge on any atom is -0.457 e. The fourth-order valence-electron chi connectivity index (χ4n) is 4.16. The van der Waals surface area contributed by atoms with Gasteiger partial charge in [-0.2, -0.15) is 0 Å². The van der Waals surface area contributed by atoms with Crippen LogP contribution in [0.2, 0.25) is 0 Å². The summed E-state index contributed by atoms with van der Waals surface area (Å²) in [6, 6.07) is 29.4. The molecule has 160 valence electrons. The molecule has 5 nitrogen and oxygen atoms in total. The maximum absolute atomic E-state index is 13.3. The van der Waals surface area contributed by atoms with Crippen molar-refractivity contribution in [2.45, 2.75) is 19.5 Å². The molecule has 0 saturated heterocycles. The van der Waals surface area contributed by atoms with E-state index in [9.17, 15) is 4.79 Å². The van der Waals surface area contributed by atoms with Crippen molar-refractivity contribution in [3.8, 4) is 11.5 Å². The summed E-state index contributed by atoms with van der Waals surface area (Å²) in [4.78, 5) is 15.2. The molecular formula is C27H25N3O2. The molecule has 0 fully saturated rings. The predicted molar refractivity (Wildman–Crippen MR) is 126 cm³/mol. The first-order chi connectivity index (χ1) is 15.7. The first-order valence-corrected chi connectivity index (χ1v) is 10.8. The molecule has 1 aromatic heterocycles. The highest BCUT2D eigenvalue weighted by Gasteiger charge is 2.32. The van der Waals surface area contributed by atoms with Crippen molar-refractivity contribution in [1.82, 2.24) is 9.47 Å². The van der Waals surface area contributed by atoms with Crippen molar-refractivity contribution in [2.75, 3.05) is 11.9 Å². The second kappa shape index (κ2) is 8.63. The number of carbonyl (C=O) groups excluding carboxylic acids is 1. The Balaban J connectivity index is 1.46. The molecule has 1 N–H and O–H groups in total. The number of rotatable bonds is 4. The highest BCUT2D eigenvalue weighted by molar-refractivity contribution is 5.90. The molecular weight excluding hydrogens is 398 g/mol. The SMILES string of the molecule is Cc1ccc(NC(=O)N2CCn3cccc3[C@@H]2c2cccc(Oc3ccccc3)c2)cc1. The zero-order valence-electron chi connectivity index (χ0n) is 17.9. The van der Waals surface area contributed by atoms with Gasteiger partial charge >= 0.3 is 6.03 Å². The van der Waals surface area contributed by atoms with E-state index in [4.69, 9.17) is 4.74 Å². The molecule has 0 radical (unpaired) electrons. The van der Waals surface area contributed by atoms with E-state index in [2.05, 4.69) is 28.2 Å². The fourth-order valence-corrected chi connectivity index (χ4v) is 4.16. The van der Waals surface area contributed by atoms with E-state index in [0.717, 1.165) is 40.6 Å². The Hall–Kier alpha value is -3.99. The lowest BCUT2D eigenvalue weighted by Gasteiger charge is -2.37. The fraction of sp³-hybridized carbons (Fsp3) is 0.148. The van der Waals surface area contributed by atoms with Crippen molar-refractivity contribution in [3.05, 3.63) is 114 Å². The van der Waals surface area contributed by atoms with Gasteiger partial charge in [0.2, 0.25) is 0 Å². The molecule has 32 heavy (non-hydrogen) atoms. The molecule has 0 aliphatic carbocycles. The number of benzene rings is 3. The van der Waals surface area contributed by atoms with E-state index in [1.54, 1.807) is 0 Å². The number of carbonyl (C=O) groups is 1. The normalized spacial score (nSPS) is 15.2. The molecule has 0 unspecified atom stereocenters. The second-order valence-electron chi connectivity index (χ2n) is 8.01. The van der Waals surface area contributed by atoms with Gasteiger partial charge in [0.25, 0.3) is 0 Å². The molecule has 5 heteroatoms. The van der Waals surface area contributed by atoms with E-state index in [-0.39, 0.29) is 12.1 Å². The largest absolute Gasteiger partial charge is 0.457 e. The van der Waals surface area contributed by atoms with E-state index >= 15 is 0 Å². The van der Waals surface area contributed by atoms with Gasteiger partial charge in [-0.05, 0) is 61.0 Å². The van der Waals surface area contributed by atoms with Gasteiger partial charge in [-0.15, -0.1) is 0 Å². The van der Waals surface area contributed by atoms with Crippen LogP contribution in [0.5, 0.6) is 11.5 Å². The molecule has 0 bridgehead atoms. The quantitative estimate of drug-likeness (QED) is 0.423. The molecule has 5 rings (SSSR count). The van der Waals surface area contributed by atoms with Gasteiger partial charge in [0.05, 0.1) is 6.04 Å². The van der Waals surface area contributed by atoms with E-state index in [1.807, 2.05) is 90.7 Å². The number of anilines is 1. The van der Waals surface area contributed by atoms with Crippen LogP contribution < -0.4 is 10.1 Å². The smallest absolute Gasteiger partial charge is 0.322 e. The van der Waals surface area contributed by atoms with Crippen molar-refractivity contribution in [3.63, 3.8) is 0 Å². The number of ether oxygens (including phenoxy) is 1. The summed E-state index contributed by atoms with van der Waals surface area (Å²) in [6.07, 6.45) is 2.07. The molecule has 3 aromatic carbocycles. The van der Waals surface area contributed by atoms with Gasteiger partial charge in [0.1, 0.15) is 11.5 Å². The van der Waals surface area contributed by atoms with Crippen LogP contribution in [-0.4, -0.2) is 22.0 Å². The van der Waals surface area contributed by atoms with Crippen LogP contribution in [-0.2, 0) is 6.54 Å². The first-order valence-electron chi connectivity index (χ1n) is 10.8. The number of para-hydroxylation sites is 1. The molecule has 0 saturated carbocycles. The topological polar surface area (TPSA) is 46.5 Å². The van der Waals surface area contributed by atoms with Crippen molar-refractivity contribution in [1.29, 1.82) is 0 Å². The van der Waals surface area contributed by atoms with Crippen LogP contribution in [0.4, 0.5) is 10.5 Å². The Morgan fingerprint density at radius 2 is 1.66 bits per heavy atom.